The topological polar surface area (TPSA) is 70.4 Å². The Morgan fingerprint density at radius 3 is 2.94 bits per heavy atom. The highest BCUT2D eigenvalue weighted by molar-refractivity contribution is 7.11. The summed E-state index contributed by atoms with van der Waals surface area (Å²) >= 11 is 1.44. The largest absolute Gasteiger partial charge is 0.393 e. The van der Waals surface area contributed by atoms with Gasteiger partial charge in [-0.25, -0.2) is 4.98 Å². The number of allylic oxidation sites excluding steroid dienone is 3. The monoisotopic (exact) mass is 469 g/mol. The molecule has 2 N–H and O–H groups in total. The number of fused-ring (bicyclic) bond motifs is 1. The van der Waals surface area contributed by atoms with Crippen LogP contribution >= 0.6 is 11.3 Å². The van der Waals surface area contributed by atoms with E-state index >= 15 is 0 Å². The van der Waals surface area contributed by atoms with E-state index in [1.165, 1.54) is 42.6 Å². The first-order chi connectivity index (χ1) is 15.8. The van der Waals surface area contributed by atoms with Gasteiger partial charge in [0.05, 0.1) is 12.2 Å². The Morgan fingerprint density at radius 2 is 2.18 bits per heavy atom. The summed E-state index contributed by atoms with van der Waals surface area (Å²) in [6.07, 6.45) is 14.8. The van der Waals surface area contributed by atoms with Crippen LogP contribution in [0, 0.1) is 23.2 Å². The first-order valence-electron chi connectivity index (χ1n) is 12.7. The Morgan fingerprint density at radius 1 is 1.36 bits per heavy atom. The third-order valence-corrected chi connectivity index (χ3v) is 9.54. The summed E-state index contributed by atoms with van der Waals surface area (Å²) in [4.78, 5) is 16.5. The highest BCUT2D eigenvalue weighted by Crippen LogP contribution is 2.59. The molecule has 3 aliphatic rings. The van der Waals surface area contributed by atoms with Crippen molar-refractivity contribution in [3.8, 4) is 0 Å². The summed E-state index contributed by atoms with van der Waals surface area (Å²) in [5, 5.41) is 22.7. The van der Waals surface area contributed by atoms with E-state index in [4.69, 9.17) is 0 Å². The average molecular weight is 470 g/mol. The molecule has 0 aromatic carbocycles. The lowest BCUT2D eigenvalue weighted by atomic mass is 9.60. The SMILES string of the molecule is C=C1/C(=C\C=C2/CCC[C@]3(C)[C@@H]([C@@H](C)CCCC(=O)c4nccs4)CC[C@@H]23)C[C@@H](O)C[C@@H]1O. The second-order valence-corrected chi connectivity index (χ2v) is 11.7. The number of carbonyl (C=O) groups is 1. The molecule has 0 saturated heterocycles. The van der Waals surface area contributed by atoms with E-state index in [0.29, 0.717) is 47.4 Å². The number of nitrogens with zero attached hydrogens (tertiary/aromatic N) is 1. The van der Waals surface area contributed by atoms with Crippen LogP contribution in [0.25, 0.3) is 0 Å². The predicted molar refractivity (Wildman–Crippen MR) is 134 cm³/mol. The molecule has 3 fully saturated rings. The fraction of sp³-hybridized carbons (Fsp3) is 0.643. The maximum atomic E-state index is 12.3. The number of Topliss-reactive ketones (excluding diaryl/α,β-unsaturated/α-hetero) is 1. The van der Waals surface area contributed by atoms with Gasteiger partial charge in [0.2, 0.25) is 0 Å². The minimum absolute atomic E-state index is 0.183. The molecule has 33 heavy (non-hydrogen) atoms. The number of aliphatic hydroxyl groups is 2. The second-order valence-electron chi connectivity index (χ2n) is 10.8. The van der Waals surface area contributed by atoms with Crippen LogP contribution in [-0.2, 0) is 0 Å². The number of aromatic nitrogens is 1. The quantitative estimate of drug-likeness (QED) is 0.462. The van der Waals surface area contributed by atoms with Gasteiger partial charge in [0, 0.05) is 24.4 Å². The van der Waals surface area contributed by atoms with Gasteiger partial charge >= 0.3 is 0 Å². The van der Waals surface area contributed by atoms with Gasteiger partial charge in [0.15, 0.2) is 10.8 Å². The van der Waals surface area contributed by atoms with Crippen LogP contribution in [-0.4, -0.2) is 33.2 Å². The van der Waals surface area contributed by atoms with Gasteiger partial charge in [-0.3, -0.25) is 4.79 Å². The number of ketones is 1. The predicted octanol–water partition coefficient (Wildman–Crippen LogP) is 6.27. The Labute approximate surface area is 202 Å². The Hall–Kier alpha value is -1.56. The number of hydrogen-bond donors (Lipinski definition) is 2. The molecule has 6 atom stereocenters. The lowest BCUT2D eigenvalue weighted by Gasteiger charge is -2.44. The number of carbonyl (C=O) groups excluding carboxylic acids is 1. The molecule has 4 nitrogen and oxygen atoms in total. The van der Waals surface area contributed by atoms with Crippen LogP contribution in [0.2, 0.25) is 0 Å². The van der Waals surface area contributed by atoms with E-state index in [1.54, 1.807) is 6.20 Å². The zero-order valence-electron chi connectivity index (χ0n) is 20.1. The number of aliphatic hydroxyl groups excluding tert-OH is 2. The van der Waals surface area contributed by atoms with Crippen molar-refractivity contribution in [2.75, 3.05) is 0 Å². The van der Waals surface area contributed by atoms with Crippen LogP contribution < -0.4 is 0 Å². The fourth-order valence-corrected chi connectivity index (χ4v) is 7.54. The summed E-state index contributed by atoms with van der Waals surface area (Å²) in [5.41, 5.74) is 3.62. The molecular formula is C28H39NO3S. The summed E-state index contributed by atoms with van der Waals surface area (Å²) < 4.78 is 0. The van der Waals surface area contributed by atoms with Gasteiger partial charge in [-0.05, 0) is 85.7 Å². The van der Waals surface area contributed by atoms with Gasteiger partial charge in [0.1, 0.15) is 0 Å². The summed E-state index contributed by atoms with van der Waals surface area (Å²) in [6.45, 7) is 8.95. The molecule has 0 unspecified atom stereocenters. The van der Waals surface area contributed by atoms with E-state index in [-0.39, 0.29) is 5.78 Å². The molecule has 0 radical (unpaired) electrons. The molecule has 4 rings (SSSR count). The van der Waals surface area contributed by atoms with Crippen molar-refractivity contribution in [2.45, 2.75) is 90.3 Å². The molecule has 0 spiro atoms. The van der Waals surface area contributed by atoms with Crippen LogP contribution in [0.15, 0.2) is 47.0 Å². The van der Waals surface area contributed by atoms with Crippen LogP contribution in [0.4, 0.5) is 0 Å². The van der Waals surface area contributed by atoms with Crippen molar-refractivity contribution in [1.29, 1.82) is 0 Å². The minimum atomic E-state index is -0.630. The summed E-state index contributed by atoms with van der Waals surface area (Å²) in [6, 6.07) is 0. The lowest BCUT2D eigenvalue weighted by Crippen LogP contribution is -2.36. The number of thiazole rings is 1. The highest BCUT2D eigenvalue weighted by atomic mass is 32.1. The van der Waals surface area contributed by atoms with Gasteiger partial charge in [-0.15, -0.1) is 11.3 Å². The van der Waals surface area contributed by atoms with Crippen molar-refractivity contribution in [3.63, 3.8) is 0 Å². The van der Waals surface area contributed by atoms with E-state index in [1.807, 2.05) is 5.38 Å². The van der Waals surface area contributed by atoms with Crippen molar-refractivity contribution < 1.29 is 15.0 Å². The number of hydrogen-bond acceptors (Lipinski definition) is 5. The van der Waals surface area contributed by atoms with Gasteiger partial charge < -0.3 is 10.2 Å². The minimum Gasteiger partial charge on any atom is -0.393 e. The van der Waals surface area contributed by atoms with Crippen LogP contribution in [0.3, 0.4) is 0 Å². The average Bonchev–Trinajstić information content (AvgIpc) is 3.43. The second kappa shape index (κ2) is 10.4. The lowest BCUT2D eigenvalue weighted by molar-refractivity contribution is 0.0859. The third kappa shape index (κ3) is 5.26. The van der Waals surface area contributed by atoms with Crippen molar-refractivity contribution >= 4 is 17.1 Å². The highest BCUT2D eigenvalue weighted by Gasteiger charge is 2.50. The van der Waals surface area contributed by atoms with Crippen LogP contribution in [0.1, 0.15) is 87.9 Å². The summed E-state index contributed by atoms with van der Waals surface area (Å²) in [5.74, 6) is 2.11. The van der Waals surface area contributed by atoms with E-state index < -0.39 is 12.2 Å². The molecule has 0 amide bonds. The number of rotatable bonds is 7. The Kier molecular flexibility index (Phi) is 7.72. The molecule has 3 aliphatic carbocycles. The summed E-state index contributed by atoms with van der Waals surface area (Å²) in [7, 11) is 0. The Balaban J connectivity index is 1.39. The van der Waals surface area contributed by atoms with Gasteiger partial charge in [-0.2, -0.15) is 0 Å². The Bertz CT molecular complexity index is 918. The standard InChI is InChI=1S/C28H39NO3S/c1-18(6-4-8-25(31)27-29-14-15-33-27)23-11-12-24-20(7-5-13-28(23,24)3)9-10-21-16-22(30)17-26(32)19(21)2/h9-10,14-15,18,22-24,26,30,32H,2,4-8,11-13,16-17H2,1,3H3/b20-9+,21-10-/t18-,22+,23+,24-,26-,28+/m0/s1. The van der Waals surface area contributed by atoms with Crippen molar-refractivity contribution in [2.24, 2.45) is 23.2 Å². The molecule has 1 aromatic heterocycles. The zero-order valence-corrected chi connectivity index (χ0v) is 20.9. The van der Waals surface area contributed by atoms with E-state index in [2.05, 4.69) is 37.6 Å². The molecule has 0 bridgehead atoms. The smallest absolute Gasteiger partial charge is 0.191 e. The first-order valence-corrected chi connectivity index (χ1v) is 13.5. The molecule has 0 aliphatic heterocycles. The molecule has 3 saturated carbocycles. The maximum absolute atomic E-state index is 12.3. The molecule has 5 heteroatoms. The van der Waals surface area contributed by atoms with E-state index in [0.717, 1.165) is 30.4 Å². The van der Waals surface area contributed by atoms with Gasteiger partial charge in [0.25, 0.3) is 0 Å². The van der Waals surface area contributed by atoms with Gasteiger partial charge in [-0.1, -0.05) is 38.2 Å². The van der Waals surface area contributed by atoms with E-state index in [9.17, 15) is 15.0 Å². The molecule has 1 heterocycles. The fourth-order valence-electron chi connectivity index (χ4n) is 6.93. The van der Waals surface area contributed by atoms with Crippen LogP contribution in [0.5, 0.6) is 0 Å². The normalized spacial score (nSPS) is 35.7. The molecule has 1 aromatic rings. The first kappa shape index (κ1) is 24.6. The van der Waals surface area contributed by atoms with Crippen molar-refractivity contribution in [1.82, 2.24) is 4.98 Å². The molecular weight excluding hydrogens is 430 g/mol. The third-order valence-electron chi connectivity index (χ3n) is 8.72. The molecule has 180 valence electrons. The van der Waals surface area contributed by atoms with Crippen molar-refractivity contribution in [3.05, 3.63) is 52.0 Å². The zero-order chi connectivity index (χ0) is 23.6. The maximum Gasteiger partial charge on any atom is 0.191 e.